The Hall–Kier alpha value is -5.00. The van der Waals surface area contributed by atoms with Gasteiger partial charge in [0, 0.05) is 51.4 Å². The first-order valence-electron chi connectivity index (χ1n) is 13.3. The van der Waals surface area contributed by atoms with Gasteiger partial charge in [0.15, 0.2) is 5.11 Å². The van der Waals surface area contributed by atoms with Crippen molar-refractivity contribution in [1.29, 1.82) is 0 Å². The molecule has 1 aliphatic heterocycles. The van der Waals surface area contributed by atoms with Crippen LogP contribution in [0.4, 0.5) is 11.4 Å². The predicted molar refractivity (Wildman–Crippen MR) is 169 cm³/mol. The Morgan fingerprint density at radius 3 is 2.37 bits per heavy atom. The molecule has 214 valence electrons. The average Bonchev–Trinajstić information content (AvgIpc) is 3.66. The molecule has 3 aromatic carbocycles. The Balaban J connectivity index is 1.36. The molecule has 1 fully saturated rings. The summed E-state index contributed by atoms with van der Waals surface area (Å²) in [6, 6.07) is 31.2. The molecule has 9 nitrogen and oxygen atoms in total. The van der Waals surface area contributed by atoms with Gasteiger partial charge in [-0.15, -0.1) is 0 Å². The molecule has 1 N–H and O–H groups in total. The first-order valence-corrected chi connectivity index (χ1v) is 14.5. The summed E-state index contributed by atoms with van der Waals surface area (Å²) in [5, 5.41) is 15.0. The zero-order valence-corrected chi connectivity index (χ0v) is 24.5. The van der Waals surface area contributed by atoms with E-state index in [1.54, 1.807) is 30.5 Å². The van der Waals surface area contributed by atoms with Crippen LogP contribution < -0.4 is 10.2 Å². The topological polar surface area (TPSA) is 103 Å². The standard InChI is InChI=1S/C32H25N5O4S2/c1-41-31(38)21-6-4-7-24(20-21)35-19-5-9-28(35)30-29(27-8-2-3-18-33-27)34-32(42)36(30)22-10-14-25(15-11-22)43-26-16-12-23(13-17-26)37(39)40/h2-20,29-30H,1H3,(H,34,42)/t29-,30-/m0/s1. The SMILES string of the molecule is COC(=O)c1cccc(-n2cccc2[C@H]2[C@H](c3ccccn3)NC(=S)N2c2ccc(Sc3ccc([N+](=O)[O-])cc3)cc2)c1. The van der Waals surface area contributed by atoms with Crippen molar-refractivity contribution in [3.63, 3.8) is 0 Å². The zero-order valence-electron chi connectivity index (χ0n) is 22.9. The Kier molecular flexibility index (Phi) is 7.91. The van der Waals surface area contributed by atoms with Gasteiger partial charge in [-0.1, -0.05) is 23.9 Å². The highest BCUT2D eigenvalue weighted by Crippen LogP contribution is 2.43. The number of carbonyl (C=O) groups excluding carboxylic acids is 1. The number of pyridine rings is 1. The Bertz CT molecular complexity index is 1790. The number of carbonyl (C=O) groups is 1. The highest BCUT2D eigenvalue weighted by atomic mass is 32.2. The molecular weight excluding hydrogens is 583 g/mol. The summed E-state index contributed by atoms with van der Waals surface area (Å²) in [6.07, 6.45) is 3.73. The molecule has 2 aromatic heterocycles. The second-order valence-corrected chi connectivity index (χ2v) is 11.2. The van der Waals surface area contributed by atoms with Gasteiger partial charge < -0.3 is 19.5 Å². The van der Waals surface area contributed by atoms with Crippen molar-refractivity contribution in [3.8, 4) is 5.69 Å². The molecular formula is C32H25N5O4S2. The molecule has 0 aliphatic carbocycles. The molecule has 0 amide bonds. The van der Waals surface area contributed by atoms with Crippen molar-refractivity contribution in [2.75, 3.05) is 12.0 Å². The minimum atomic E-state index is -0.406. The van der Waals surface area contributed by atoms with E-state index in [2.05, 4.69) is 19.8 Å². The second kappa shape index (κ2) is 12.1. The summed E-state index contributed by atoms with van der Waals surface area (Å²) in [5.74, 6) is -0.404. The summed E-state index contributed by atoms with van der Waals surface area (Å²) in [4.78, 5) is 31.5. The number of rotatable bonds is 8. The van der Waals surface area contributed by atoms with Crippen molar-refractivity contribution >= 4 is 46.4 Å². The van der Waals surface area contributed by atoms with Crippen molar-refractivity contribution in [1.82, 2.24) is 14.9 Å². The van der Waals surface area contributed by atoms with E-state index < -0.39 is 10.9 Å². The normalized spacial score (nSPS) is 16.1. The van der Waals surface area contributed by atoms with Crippen LogP contribution in [-0.2, 0) is 4.74 Å². The van der Waals surface area contributed by atoms with Crippen LogP contribution in [0.1, 0.15) is 33.8 Å². The van der Waals surface area contributed by atoms with E-state index in [0.29, 0.717) is 10.7 Å². The van der Waals surface area contributed by atoms with Crippen LogP contribution in [0.2, 0.25) is 0 Å². The maximum absolute atomic E-state index is 12.3. The van der Waals surface area contributed by atoms with Crippen molar-refractivity contribution in [2.45, 2.75) is 21.9 Å². The molecule has 43 heavy (non-hydrogen) atoms. The van der Waals surface area contributed by atoms with Crippen LogP contribution in [0.25, 0.3) is 5.69 Å². The molecule has 0 unspecified atom stereocenters. The van der Waals surface area contributed by atoms with Gasteiger partial charge in [-0.2, -0.15) is 0 Å². The summed E-state index contributed by atoms with van der Waals surface area (Å²) in [5.41, 5.74) is 4.03. The third-order valence-electron chi connectivity index (χ3n) is 7.12. The third-order valence-corrected chi connectivity index (χ3v) is 8.46. The molecule has 0 saturated carbocycles. The molecule has 3 heterocycles. The highest BCUT2D eigenvalue weighted by molar-refractivity contribution is 7.99. The number of nitro groups is 1. The number of esters is 1. The van der Waals surface area contributed by atoms with Crippen LogP contribution in [0.15, 0.2) is 125 Å². The monoisotopic (exact) mass is 607 g/mol. The van der Waals surface area contributed by atoms with E-state index in [1.807, 2.05) is 72.9 Å². The number of nitro benzene ring substituents is 1. The van der Waals surface area contributed by atoms with Crippen LogP contribution in [0, 0.1) is 10.1 Å². The molecule has 11 heteroatoms. The molecule has 1 saturated heterocycles. The summed E-state index contributed by atoms with van der Waals surface area (Å²) < 4.78 is 6.99. The Morgan fingerprint density at radius 1 is 0.953 bits per heavy atom. The third kappa shape index (κ3) is 5.72. The van der Waals surface area contributed by atoms with Gasteiger partial charge in [0.1, 0.15) is 6.04 Å². The molecule has 0 bridgehead atoms. The fourth-order valence-electron chi connectivity index (χ4n) is 5.15. The van der Waals surface area contributed by atoms with Crippen molar-refractivity contribution in [2.24, 2.45) is 0 Å². The predicted octanol–water partition coefficient (Wildman–Crippen LogP) is 6.90. The van der Waals surface area contributed by atoms with Gasteiger partial charge in [-0.25, -0.2) is 4.79 Å². The molecule has 5 aromatic rings. The van der Waals surface area contributed by atoms with Gasteiger partial charge in [-0.3, -0.25) is 15.1 Å². The number of hydrogen-bond donors (Lipinski definition) is 1. The van der Waals surface area contributed by atoms with E-state index in [1.165, 1.54) is 31.0 Å². The van der Waals surface area contributed by atoms with E-state index >= 15 is 0 Å². The van der Waals surface area contributed by atoms with E-state index in [9.17, 15) is 14.9 Å². The zero-order chi connectivity index (χ0) is 29.9. The van der Waals surface area contributed by atoms with Crippen LogP contribution in [0.3, 0.4) is 0 Å². The minimum Gasteiger partial charge on any atom is -0.465 e. The van der Waals surface area contributed by atoms with Crippen LogP contribution in [0.5, 0.6) is 0 Å². The van der Waals surface area contributed by atoms with Gasteiger partial charge in [0.05, 0.1) is 29.3 Å². The molecule has 0 spiro atoms. The van der Waals surface area contributed by atoms with Crippen LogP contribution in [-0.4, -0.2) is 32.7 Å². The number of nitrogens with one attached hydrogen (secondary N) is 1. The first kappa shape index (κ1) is 28.1. The summed E-state index contributed by atoms with van der Waals surface area (Å²) in [7, 11) is 1.37. The highest BCUT2D eigenvalue weighted by Gasteiger charge is 2.42. The number of non-ortho nitro benzene ring substituents is 1. The van der Waals surface area contributed by atoms with Gasteiger partial charge in [-0.05, 0) is 91.1 Å². The quantitative estimate of drug-likeness (QED) is 0.0874. The Morgan fingerprint density at radius 2 is 1.70 bits per heavy atom. The Labute approximate surface area is 257 Å². The van der Waals surface area contributed by atoms with E-state index in [4.69, 9.17) is 17.0 Å². The van der Waals surface area contributed by atoms with Crippen LogP contribution >= 0.6 is 24.0 Å². The smallest absolute Gasteiger partial charge is 0.337 e. The lowest BCUT2D eigenvalue weighted by Gasteiger charge is -2.29. The van der Waals surface area contributed by atoms with Gasteiger partial charge in [0.25, 0.3) is 5.69 Å². The molecule has 1 aliphatic rings. The number of hydrogen-bond acceptors (Lipinski definition) is 7. The van der Waals surface area contributed by atoms with E-state index in [0.717, 1.165) is 32.6 Å². The number of aromatic nitrogens is 2. The fourth-order valence-corrected chi connectivity index (χ4v) is 6.31. The number of anilines is 1. The second-order valence-electron chi connectivity index (χ2n) is 9.69. The lowest BCUT2D eigenvalue weighted by atomic mass is 10.0. The number of ether oxygens (including phenoxy) is 1. The van der Waals surface area contributed by atoms with Crippen molar-refractivity contribution < 1.29 is 14.5 Å². The maximum atomic E-state index is 12.3. The number of benzene rings is 3. The van der Waals surface area contributed by atoms with E-state index in [-0.39, 0.29) is 17.8 Å². The first-order chi connectivity index (χ1) is 20.9. The molecule has 2 atom stereocenters. The minimum absolute atomic E-state index is 0.0602. The fraction of sp³-hybridized carbons (Fsp3) is 0.0938. The molecule has 0 radical (unpaired) electrons. The largest absolute Gasteiger partial charge is 0.465 e. The summed E-state index contributed by atoms with van der Waals surface area (Å²) in [6.45, 7) is 0. The van der Waals surface area contributed by atoms with Gasteiger partial charge >= 0.3 is 5.97 Å². The lowest BCUT2D eigenvalue weighted by Crippen LogP contribution is -2.30. The summed E-state index contributed by atoms with van der Waals surface area (Å²) >= 11 is 7.43. The number of nitrogens with zero attached hydrogens (tertiary/aromatic N) is 4. The van der Waals surface area contributed by atoms with Gasteiger partial charge in [0.2, 0.25) is 0 Å². The van der Waals surface area contributed by atoms with Crippen molar-refractivity contribution in [3.05, 3.63) is 143 Å². The number of thiocarbonyl (C=S) groups is 1. The maximum Gasteiger partial charge on any atom is 0.337 e. The lowest BCUT2D eigenvalue weighted by molar-refractivity contribution is -0.384. The number of methoxy groups -OCH3 is 1. The molecule has 6 rings (SSSR count). The average molecular weight is 608 g/mol.